The first-order chi connectivity index (χ1) is 7.28. The molecule has 1 aromatic carbocycles. The highest BCUT2D eigenvalue weighted by Gasteiger charge is 2.14. The van der Waals surface area contributed by atoms with Gasteiger partial charge in [-0.25, -0.2) is 8.42 Å². The molecule has 0 saturated heterocycles. The number of rotatable bonds is 4. The van der Waals surface area contributed by atoms with Gasteiger partial charge in [0.2, 0.25) is 0 Å². The first-order valence-corrected chi connectivity index (χ1v) is 7.14. The summed E-state index contributed by atoms with van der Waals surface area (Å²) >= 11 is 0. The number of hydrogen-bond acceptors (Lipinski definition) is 3. The first kappa shape index (κ1) is 13.2. The lowest BCUT2D eigenvalue weighted by molar-refractivity contribution is 0.589. The van der Waals surface area contributed by atoms with Crippen molar-refractivity contribution in [1.29, 1.82) is 0 Å². The SMILES string of the molecule is Cc1cc(C)cc(CS(=O)(=O)CC(C)N)c1. The second kappa shape index (κ2) is 4.97. The van der Waals surface area contributed by atoms with E-state index in [-0.39, 0.29) is 17.5 Å². The summed E-state index contributed by atoms with van der Waals surface area (Å²) in [4.78, 5) is 0. The number of aryl methyl sites for hydroxylation is 2. The molecule has 0 aliphatic rings. The first-order valence-electron chi connectivity index (χ1n) is 5.32. The Kier molecular flexibility index (Phi) is 4.10. The zero-order valence-electron chi connectivity index (χ0n) is 10.0. The zero-order valence-corrected chi connectivity index (χ0v) is 10.8. The molecule has 90 valence electrons. The molecule has 0 heterocycles. The van der Waals surface area contributed by atoms with Crippen molar-refractivity contribution in [3.63, 3.8) is 0 Å². The number of nitrogens with two attached hydrogens (primary N) is 1. The summed E-state index contributed by atoms with van der Waals surface area (Å²) in [5, 5.41) is 0. The highest BCUT2D eigenvalue weighted by molar-refractivity contribution is 7.90. The lowest BCUT2D eigenvalue weighted by atomic mass is 10.1. The van der Waals surface area contributed by atoms with Gasteiger partial charge < -0.3 is 5.73 Å². The van der Waals surface area contributed by atoms with E-state index in [1.807, 2.05) is 32.0 Å². The third-order valence-electron chi connectivity index (χ3n) is 2.18. The molecule has 0 spiro atoms. The summed E-state index contributed by atoms with van der Waals surface area (Å²) in [6.07, 6.45) is 0. The van der Waals surface area contributed by atoms with Crippen LogP contribution < -0.4 is 5.73 Å². The van der Waals surface area contributed by atoms with E-state index in [9.17, 15) is 8.42 Å². The van der Waals surface area contributed by atoms with Gasteiger partial charge in [0.05, 0.1) is 11.5 Å². The van der Waals surface area contributed by atoms with E-state index < -0.39 is 9.84 Å². The molecule has 3 nitrogen and oxygen atoms in total. The molecule has 0 amide bonds. The van der Waals surface area contributed by atoms with Crippen molar-refractivity contribution < 1.29 is 8.42 Å². The van der Waals surface area contributed by atoms with Crippen LogP contribution in [0.2, 0.25) is 0 Å². The van der Waals surface area contributed by atoms with Crippen LogP contribution >= 0.6 is 0 Å². The summed E-state index contributed by atoms with van der Waals surface area (Å²) in [7, 11) is -3.09. The van der Waals surface area contributed by atoms with Gasteiger partial charge in [0, 0.05) is 6.04 Å². The van der Waals surface area contributed by atoms with Gasteiger partial charge in [-0.2, -0.15) is 0 Å². The minimum atomic E-state index is -3.09. The molecule has 0 aliphatic heterocycles. The third-order valence-corrected chi connectivity index (χ3v) is 3.99. The lowest BCUT2D eigenvalue weighted by Crippen LogP contribution is -2.27. The van der Waals surface area contributed by atoms with Crippen molar-refractivity contribution in [1.82, 2.24) is 0 Å². The largest absolute Gasteiger partial charge is 0.327 e. The smallest absolute Gasteiger partial charge is 0.155 e. The predicted molar refractivity (Wildman–Crippen MR) is 67.1 cm³/mol. The summed E-state index contributed by atoms with van der Waals surface area (Å²) in [6, 6.07) is 5.54. The van der Waals surface area contributed by atoms with Crippen LogP contribution in [0, 0.1) is 13.8 Å². The van der Waals surface area contributed by atoms with Crippen LogP contribution in [-0.4, -0.2) is 20.2 Å². The van der Waals surface area contributed by atoms with Crippen molar-refractivity contribution in [3.05, 3.63) is 34.9 Å². The van der Waals surface area contributed by atoms with Crippen molar-refractivity contribution in [2.45, 2.75) is 32.6 Å². The van der Waals surface area contributed by atoms with Crippen LogP contribution in [0.5, 0.6) is 0 Å². The van der Waals surface area contributed by atoms with Gasteiger partial charge in [0.1, 0.15) is 0 Å². The number of sulfone groups is 1. The topological polar surface area (TPSA) is 60.2 Å². The third kappa shape index (κ3) is 4.33. The summed E-state index contributed by atoms with van der Waals surface area (Å²) in [5.74, 6) is 0.122. The Bertz CT molecular complexity index is 444. The van der Waals surface area contributed by atoms with Crippen molar-refractivity contribution in [3.8, 4) is 0 Å². The Morgan fingerprint density at radius 3 is 2.12 bits per heavy atom. The molecule has 0 bridgehead atoms. The average Bonchev–Trinajstić information content (AvgIpc) is 1.95. The van der Waals surface area contributed by atoms with Crippen LogP contribution in [0.1, 0.15) is 23.6 Å². The van der Waals surface area contributed by atoms with E-state index in [2.05, 4.69) is 0 Å². The maximum atomic E-state index is 11.8. The maximum absolute atomic E-state index is 11.8. The van der Waals surface area contributed by atoms with Gasteiger partial charge in [0.15, 0.2) is 9.84 Å². The van der Waals surface area contributed by atoms with E-state index in [1.165, 1.54) is 0 Å². The van der Waals surface area contributed by atoms with Crippen LogP contribution in [-0.2, 0) is 15.6 Å². The molecule has 1 aromatic rings. The van der Waals surface area contributed by atoms with Gasteiger partial charge in [-0.05, 0) is 26.3 Å². The van der Waals surface area contributed by atoms with Gasteiger partial charge in [-0.15, -0.1) is 0 Å². The molecular formula is C12H19NO2S. The van der Waals surface area contributed by atoms with Gasteiger partial charge in [-0.3, -0.25) is 0 Å². The molecule has 4 heteroatoms. The fraction of sp³-hybridized carbons (Fsp3) is 0.500. The molecule has 0 aliphatic carbocycles. The Morgan fingerprint density at radius 1 is 1.19 bits per heavy atom. The van der Waals surface area contributed by atoms with Crippen molar-refractivity contribution in [2.75, 3.05) is 5.75 Å². The molecule has 1 atom stereocenters. The van der Waals surface area contributed by atoms with Gasteiger partial charge in [0.25, 0.3) is 0 Å². The maximum Gasteiger partial charge on any atom is 0.155 e. The standard InChI is InChI=1S/C12H19NO2S/c1-9-4-10(2)6-12(5-9)8-16(14,15)7-11(3)13/h4-6,11H,7-8,13H2,1-3H3. The number of benzene rings is 1. The normalized spacial score (nSPS) is 13.8. The predicted octanol–water partition coefficient (Wildman–Crippen LogP) is 1.57. The van der Waals surface area contributed by atoms with Crippen molar-refractivity contribution in [2.24, 2.45) is 5.73 Å². The van der Waals surface area contributed by atoms with Crippen LogP contribution in [0.4, 0.5) is 0 Å². The minimum Gasteiger partial charge on any atom is -0.327 e. The van der Waals surface area contributed by atoms with E-state index in [4.69, 9.17) is 5.73 Å². The van der Waals surface area contributed by atoms with Crippen LogP contribution in [0.3, 0.4) is 0 Å². The second-order valence-corrected chi connectivity index (χ2v) is 6.64. The second-order valence-electron chi connectivity index (χ2n) is 4.53. The van der Waals surface area contributed by atoms with Crippen molar-refractivity contribution >= 4 is 9.84 Å². The summed E-state index contributed by atoms with van der Waals surface area (Å²) in [6.45, 7) is 5.64. The number of hydrogen-bond donors (Lipinski definition) is 1. The monoisotopic (exact) mass is 241 g/mol. The van der Waals surface area contributed by atoms with Gasteiger partial charge >= 0.3 is 0 Å². The highest BCUT2D eigenvalue weighted by atomic mass is 32.2. The molecule has 1 unspecified atom stereocenters. The van der Waals surface area contributed by atoms with E-state index in [1.54, 1.807) is 6.92 Å². The Morgan fingerprint density at radius 2 is 1.69 bits per heavy atom. The van der Waals surface area contributed by atoms with Crippen LogP contribution in [0.15, 0.2) is 18.2 Å². The van der Waals surface area contributed by atoms with E-state index in [0.717, 1.165) is 16.7 Å². The van der Waals surface area contributed by atoms with Crippen LogP contribution in [0.25, 0.3) is 0 Å². The minimum absolute atomic E-state index is 0.0417. The molecule has 1 rings (SSSR count). The molecular weight excluding hydrogens is 222 g/mol. The highest BCUT2D eigenvalue weighted by Crippen LogP contribution is 2.12. The quantitative estimate of drug-likeness (QED) is 0.870. The Labute approximate surface area is 97.6 Å². The zero-order chi connectivity index (χ0) is 12.3. The summed E-state index contributed by atoms with van der Waals surface area (Å²) in [5.41, 5.74) is 8.54. The molecule has 0 aromatic heterocycles. The molecule has 2 N–H and O–H groups in total. The Balaban J connectivity index is 2.88. The molecule has 0 fully saturated rings. The summed E-state index contributed by atoms with van der Waals surface area (Å²) < 4.78 is 23.5. The Hall–Kier alpha value is -0.870. The molecule has 0 saturated carbocycles. The lowest BCUT2D eigenvalue weighted by Gasteiger charge is -2.08. The molecule has 16 heavy (non-hydrogen) atoms. The fourth-order valence-electron chi connectivity index (χ4n) is 1.87. The van der Waals surface area contributed by atoms with Gasteiger partial charge in [-0.1, -0.05) is 29.3 Å². The molecule has 0 radical (unpaired) electrons. The van der Waals surface area contributed by atoms with E-state index in [0.29, 0.717) is 0 Å². The average molecular weight is 241 g/mol. The fourth-order valence-corrected chi connectivity index (χ4v) is 3.46. The van der Waals surface area contributed by atoms with E-state index >= 15 is 0 Å².